The van der Waals surface area contributed by atoms with Gasteiger partial charge in [-0.3, -0.25) is 4.68 Å². The summed E-state index contributed by atoms with van der Waals surface area (Å²) < 4.78 is 2.10. The second kappa shape index (κ2) is 4.58. The molecule has 90 valence electrons. The van der Waals surface area contributed by atoms with Gasteiger partial charge in [0.15, 0.2) is 0 Å². The average molecular weight is 221 g/mol. The van der Waals surface area contributed by atoms with Gasteiger partial charge in [0.25, 0.3) is 0 Å². The van der Waals surface area contributed by atoms with E-state index in [9.17, 15) is 0 Å². The summed E-state index contributed by atoms with van der Waals surface area (Å²) in [6.45, 7) is 8.95. The van der Waals surface area contributed by atoms with Crippen LogP contribution in [0, 0.1) is 6.92 Å². The molecule has 1 unspecified atom stereocenters. The van der Waals surface area contributed by atoms with Crippen molar-refractivity contribution >= 4 is 0 Å². The van der Waals surface area contributed by atoms with Crippen LogP contribution in [0.25, 0.3) is 0 Å². The molecular weight excluding hydrogens is 198 g/mol. The summed E-state index contributed by atoms with van der Waals surface area (Å²) in [5.41, 5.74) is 4.13. The smallest absolute Gasteiger partial charge is 0.0631 e. The predicted octanol–water partition coefficient (Wildman–Crippen LogP) is 2.32. The number of nitrogens with one attached hydrogen (secondary N) is 1. The Kier molecular flexibility index (Phi) is 3.33. The van der Waals surface area contributed by atoms with Crippen LogP contribution < -0.4 is 5.32 Å². The van der Waals surface area contributed by atoms with Crippen LogP contribution in [-0.4, -0.2) is 22.9 Å². The van der Waals surface area contributed by atoms with Crippen LogP contribution in [0.4, 0.5) is 0 Å². The van der Waals surface area contributed by atoms with E-state index in [1.54, 1.807) is 0 Å². The van der Waals surface area contributed by atoms with Crippen LogP contribution >= 0.6 is 0 Å². The van der Waals surface area contributed by atoms with Gasteiger partial charge in [-0.05, 0) is 37.8 Å². The molecule has 1 fully saturated rings. The summed E-state index contributed by atoms with van der Waals surface area (Å²) in [6.07, 6.45) is 2.58. The number of hydrogen-bond donors (Lipinski definition) is 1. The molecule has 3 heteroatoms. The quantitative estimate of drug-likeness (QED) is 0.830. The summed E-state index contributed by atoms with van der Waals surface area (Å²) in [4.78, 5) is 0. The van der Waals surface area contributed by atoms with Gasteiger partial charge in [0.1, 0.15) is 0 Å². The van der Waals surface area contributed by atoms with E-state index in [1.165, 1.54) is 36.3 Å². The molecule has 0 saturated carbocycles. The highest BCUT2D eigenvalue weighted by Gasteiger charge is 2.24. The molecule has 1 atom stereocenters. The Labute approximate surface area is 98.2 Å². The van der Waals surface area contributed by atoms with Crippen molar-refractivity contribution in [2.75, 3.05) is 13.1 Å². The molecule has 1 aromatic heterocycles. The zero-order chi connectivity index (χ0) is 11.7. The number of hydrogen-bond acceptors (Lipinski definition) is 2. The molecule has 0 amide bonds. The highest BCUT2D eigenvalue weighted by atomic mass is 15.3. The van der Waals surface area contributed by atoms with Crippen LogP contribution in [0.1, 0.15) is 55.5 Å². The van der Waals surface area contributed by atoms with Crippen molar-refractivity contribution in [3.05, 3.63) is 17.0 Å². The van der Waals surface area contributed by atoms with Gasteiger partial charge in [-0.25, -0.2) is 0 Å². The molecular formula is C13H23N3. The molecule has 0 spiro atoms. The number of piperidine rings is 1. The van der Waals surface area contributed by atoms with Crippen LogP contribution in [-0.2, 0) is 7.05 Å². The molecule has 0 bridgehead atoms. The van der Waals surface area contributed by atoms with Crippen molar-refractivity contribution in [1.82, 2.24) is 15.1 Å². The first-order valence-corrected chi connectivity index (χ1v) is 6.35. The summed E-state index contributed by atoms with van der Waals surface area (Å²) >= 11 is 0. The van der Waals surface area contributed by atoms with Crippen LogP contribution in [0.15, 0.2) is 0 Å². The molecule has 1 aliphatic heterocycles. The highest BCUT2D eigenvalue weighted by molar-refractivity contribution is 5.32. The van der Waals surface area contributed by atoms with E-state index in [1.807, 2.05) is 0 Å². The highest BCUT2D eigenvalue weighted by Crippen LogP contribution is 2.31. The Morgan fingerprint density at radius 1 is 1.44 bits per heavy atom. The maximum absolute atomic E-state index is 4.60. The minimum atomic E-state index is 0.575. The zero-order valence-corrected chi connectivity index (χ0v) is 10.9. The second-order valence-corrected chi connectivity index (χ2v) is 5.21. The Morgan fingerprint density at radius 3 is 2.75 bits per heavy atom. The van der Waals surface area contributed by atoms with E-state index < -0.39 is 0 Å². The fourth-order valence-corrected chi connectivity index (χ4v) is 2.98. The minimum absolute atomic E-state index is 0.575. The molecule has 1 N–H and O–H groups in total. The second-order valence-electron chi connectivity index (χ2n) is 5.21. The monoisotopic (exact) mass is 221 g/mol. The van der Waals surface area contributed by atoms with Gasteiger partial charge >= 0.3 is 0 Å². The van der Waals surface area contributed by atoms with E-state index in [-0.39, 0.29) is 0 Å². The van der Waals surface area contributed by atoms with Crippen molar-refractivity contribution in [2.24, 2.45) is 7.05 Å². The van der Waals surface area contributed by atoms with Crippen LogP contribution in [0.3, 0.4) is 0 Å². The summed E-state index contributed by atoms with van der Waals surface area (Å²) in [7, 11) is 2.09. The standard InChI is InChI=1S/C13H23N3/c1-9(2)12-10(3)15-16(4)13(12)11-6-5-7-14-8-11/h9,11,14H,5-8H2,1-4H3. The molecule has 3 nitrogen and oxygen atoms in total. The Balaban J connectivity index is 2.37. The molecule has 1 aliphatic rings. The molecule has 0 aliphatic carbocycles. The van der Waals surface area contributed by atoms with E-state index in [2.05, 4.69) is 42.9 Å². The fraction of sp³-hybridized carbons (Fsp3) is 0.769. The maximum atomic E-state index is 4.60. The van der Waals surface area contributed by atoms with Gasteiger partial charge in [0, 0.05) is 25.2 Å². The number of rotatable bonds is 2. The van der Waals surface area contributed by atoms with Gasteiger partial charge in [-0.1, -0.05) is 13.8 Å². The Hall–Kier alpha value is -0.830. The molecule has 1 saturated heterocycles. The molecule has 2 heterocycles. The summed E-state index contributed by atoms with van der Waals surface area (Å²) in [6, 6.07) is 0. The van der Waals surface area contributed by atoms with Gasteiger partial charge < -0.3 is 5.32 Å². The molecule has 1 aromatic rings. The minimum Gasteiger partial charge on any atom is -0.316 e. The van der Waals surface area contributed by atoms with Gasteiger partial charge in [0.2, 0.25) is 0 Å². The lowest BCUT2D eigenvalue weighted by molar-refractivity contribution is 0.438. The molecule has 0 radical (unpaired) electrons. The van der Waals surface area contributed by atoms with Crippen LogP contribution in [0.2, 0.25) is 0 Å². The summed E-state index contributed by atoms with van der Waals surface area (Å²) in [5, 5.41) is 8.09. The van der Waals surface area contributed by atoms with Gasteiger partial charge in [-0.15, -0.1) is 0 Å². The molecule has 2 rings (SSSR count). The largest absolute Gasteiger partial charge is 0.316 e. The third-order valence-corrected chi connectivity index (χ3v) is 3.58. The fourth-order valence-electron chi connectivity index (χ4n) is 2.98. The Bertz CT molecular complexity index is 359. The average Bonchev–Trinajstić information content (AvgIpc) is 2.55. The van der Waals surface area contributed by atoms with Crippen LogP contribution in [0.5, 0.6) is 0 Å². The molecule has 0 aromatic carbocycles. The van der Waals surface area contributed by atoms with E-state index in [0.29, 0.717) is 11.8 Å². The third-order valence-electron chi connectivity index (χ3n) is 3.58. The third kappa shape index (κ3) is 2.01. The lowest BCUT2D eigenvalue weighted by Crippen LogP contribution is -2.30. The predicted molar refractivity (Wildman–Crippen MR) is 66.9 cm³/mol. The first kappa shape index (κ1) is 11.6. The zero-order valence-electron chi connectivity index (χ0n) is 10.9. The molecule has 16 heavy (non-hydrogen) atoms. The maximum Gasteiger partial charge on any atom is 0.0631 e. The lowest BCUT2D eigenvalue weighted by atomic mass is 9.89. The first-order valence-electron chi connectivity index (χ1n) is 6.35. The number of aryl methyl sites for hydroxylation is 2. The summed E-state index contributed by atoms with van der Waals surface area (Å²) in [5.74, 6) is 1.22. The topological polar surface area (TPSA) is 29.9 Å². The van der Waals surface area contributed by atoms with Crippen molar-refractivity contribution in [3.8, 4) is 0 Å². The normalized spacial score (nSPS) is 21.7. The lowest BCUT2D eigenvalue weighted by Gasteiger charge is -2.25. The SMILES string of the molecule is Cc1nn(C)c(C2CCCNC2)c1C(C)C. The number of aromatic nitrogens is 2. The van der Waals surface area contributed by atoms with Crippen molar-refractivity contribution in [3.63, 3.8) is 0 Å². The number of nitrogens with zero attached hydrogens (tertiary/aromatic N) is 2. The Morgan fingerprint density at radius 2 is 2.19 bits per heavy atom. The van der Waals surface area contributed by atoms with E-state index in [4.69, 9.17) is 0 Å². The van der Waals surface area contributed by atoms with E-state index in [0.717, 1.165) is 6.54 Å². The van der Waals surface area contributed by atoms with Gasteiger partial charge in [0.05, 0.1) is 5.69 Å². The van der Waals surface area contributed by atoms with E-state index >= 15 is 0 Å². The van der Waals surface area contributed by atoms with Crippen molar-refractivity contribution in [1.29, 1.82) is 0 Å². The van der Waals surface area contributed by atoms with Crippen molar-refractivity contribution in [2.45, 2.75) is 45.4 Å². The van der Waals surface area contributed by atoms with Crippen molar-refractivity contribution < 1.29 is 0 Å². The first-order chi connectivity index (χ1) is 7.61. The van der Waals surface area contributed by atoms with Gasteiger partial charge in [-0.2, -0.15) is 5.10 Å².